The van der Waals surface area contributed by atoms with Crippen molar-refractivity contribution in [3.8, 4) is 11.3 Å². The standard InChI is InChI=1S/C18H22N6S/c1-23(2)10-8-21-13-3-4-14-16-17(22-24(14)9-6-19)12-5-7-20-11-15(12)25-18(13)16/h3-5,7,11,21H,6,8-10,19H2,1-2H3. The van der Waals surface area contributed by atoms with Crippen molar-refractivity contribution in [1.82, 2.24) is 19.7 Å². The fraction of sp³-hybridized carbons (Fsp3) is 0.333. The van der Waals surface area contributed by atoms with E-state index in [1.165, 1.54) is 10.3 Å². The lowest BCUT2D eigenvalue weighted by Crippen LogP contribution is -2.21. The fourth-order valence-electron chi connectivity index (χ4n) is 3.15. The maximum absolute atomic E-state index is 5.78. The second-order valence-electron chi connectivity index (χ2n) is 6.40. The summed E-state index contributed by atoms with van der Waals surface area (Å²) in [7, 11) is 4.17. The van der Waals surface area contributed by atoms with E-state index in [1.54, 1.807) is 11.8 Å². The smallest absolute Gasteiger partial charge is 0.103 e. The summed E-state index contributed by atoms with van der Waals surface area (Å²) in [5.74, 6) is 0. The number of fused-ring (bicyclic) bond motifs is 2. The molecule has 0 spiro atoms. The average molecular weight is 354 g/mol. The number of aromatic nitrogens is 3. The van der Waals surface area contributed by atoms with Crippen molar-refractivity contribution in [3.63, 3.8) is 0 Å². The Hall–Kier alpha value is -2.09. The van der Waals surface area contributed by atoms with Gasteiger partial charge in [-0.05, 0) is 32.3 Å². The van der Waals surface area contributed by atoms with E-state index >= 15 is 0 Å². The molecule has 0 radical (unpaired) electrons. The number of anilines is 1. The Morgan fingerprint density at radius 2 is 2.16 bits per heavy atom. The molecule has 0 atom stereocenters. The van der Waals surface area contributed by atoms with Crippen LogP contribution in [0.4, 0.5) is 5.69 Å². The monoisotopic (exact) mass is 354 g/mol. The van der Waals surface area contributed by atoms with Crippen LogP contribution in [0.5, 0.6) is 0 Å². The van der Waals surface area contributed by atoms with Crippen LogP contribution < -0.4 is 11.1 Å². The van der Waals surface area contributed by atoms with Gasteiger partial charge in [0.05, 0.1) is 12.1 Å². The maximum atomic E-state index is 5.78. The van der Waals surface area contributed by atoms with Crippen molar-refractivity contribution < 1.29 is 0 Å². The molecule has 1 aliphatic rings. The number of hydrogen-bond acceptors (Lipinski definition) is 6. The van der Waals surface area contributed by atoms with Gasteiger partial charge >= 0.3 is 0 Å². The number of nitrogens with zero attached hydrogens (tertiary/aromatic N) is 4. The number of nitrogens with two attached hydrogens (primary N) is 1. The topological polar surface area (TPSA) is 72.0 Å². The van der Waals surface area contributed by atoms with Crippen LogP contribution in [-0.2, 0) is 6.54 Å². The van der Waals surface area contributed by atoms with Crippen molar-refractivity contribution in [3.05, 3.63) is 30.6 Å². The van der Waals surface area contributed by atoms with Crippen LogP contribution in [0.3, 0.4) is 0 Å². The van der Waals surface area contributed by atoms with Crippen molar-refractivity contribution in [1.29, 1.82) is 0 Å². The van der Waals surface area contributed by atoms with Gasteiger partial charge in [0.1, 0.15) is 5.69 Å². The van der Waals surface area contributed by atoms with Crippen LogP contribution in [0.25, 0.3) is 22.2 Å². The van der Waals surface area contributed by atoms with E-state index in [9.17, 15) is 0 Å². The zero-order valence-corrected chi connectivity index (χ0v) is 15.3. The van der Waals surface area contributed by atoms with Crippen LogP contribution in [-0.4, -0.2) is 53.4 Å². The van der Waals surface area contributed by atoms with E-state index in [1.807, 2.05) is 23.1 Å². The number of rotatable bonds is 6. The van der Waals surface area contributed by atoms with Crippen molar-refractivity contribution in [2.24, 2.45) is 5.73 Å². The average Bonchev–Trinajstić information content (AvgIpc) is 2.97. The maximum Gasteiger partial charge on any atom is 0.103 e. The third-order valence-electron chi connectivity index (χ3n) is 4.34. The molecule has 0 fully saturated rings. The van der Waals surface area contributed by atoms with Crippen LogP contribution in [0, 0.1) is 0 Å². The molecule has 0 saturated carbocycles. The Labute approximate surface area is 151 Å². The molecule has 0 bridgehead atoms. The fourth-order valence-corrected chi connectivity index (χ4v) is 4.31. The molecule has 7 heteroatoms. The molecular formula is C18H22N6S. The molecule has 1 aliphatic heterocycles. The predicted octanol–water partition coefficient (Wildman–Crippen LogP) is 2.50. The first-order valence-electron chi connectivity index (χ1n) is 8.43. The Kier molecular flexibility index (Phi) is 4.37. The van der Waals surface area contributed by atoms with Gasteiger partial charge in [0, 0.05) is 58.5 Å². The molecule has 6 nitrogen and oxygen atoms in total. The molecule has 130 valence electrons. The molecule has 0 unspecified atom stereocenters. The highest BCUT2D eigenvalue weighted by molar-refractivity contribution is 8.00. The van der Waals surface area contributed by atoms with Gasteiger partial charge in [-0.15, -0.1) is 0 Å². The minimum atomic E-state index is 0.574. The number of nitrogens with one attached hydrogen (secondary N) is 1. The van der Waals surface area contributed by atoms with Crippen LogP contribution in [0.1, 0.15) is 0 Å². The highest BCUT2D eigenvalue weighted by Gasteiger charge is 2.25. The number of likely N-dealkylation sites (N-methyl/N-ethyl adjacent to an activating group) is 1. The molecule has 3 N–H and O–H groups in total. The van der Waals surface area contributed by atoms with E-state index in [2.05, 4.69) is 41.4 Å². The van der Waals surface area contributed by atoms with Gasteiger partial charge in [0.15, 0.2) is 0 Å². The first-order valence-corrected chi connectivity index (χ1v) is 9.25. The summed E-state index contributed by atoms with van der Waals surface area (Å²) in [6, 6.07) is 6.35. The molecule has 0 aliphatic carbocycles. The highest BCUT2D eigenvalue weighted by atomic mass is 32.2. The summed E-state index contributed by atoms with van der Waals surface area (Å²) in [6.07, 6.45) is 3.75. The summed E-state index contributed by atoms with van der Waals surface area (Å²) < 4.78 is 2.02. The largest absolute Gasteiger partial charge is 0.383 e. The second kappa shape index (κ2) is 6.67. The third kappa shape index (κ3) is 2.88. The Balaban J connectivity index is 1.85. The van der Waals surface area contributed by atoms with Gasteiger partial charge in [-0.3, -0.25) is 9.67 Å². The van der Waals surface area contributed by atoms with Gasteiger partial charge in [-0.25, -0.2) is 0 Å². The number of hydrogen-bond donors (Lipinski definition) is 2. The van der Waals surface area contributed by atoms with E-state index in [0.717, 1.165) is 40.4 Å². The molecule has 2 aromatic heterocycles. The molecule has 4 rings (SSSR count). The highest BCUT2D eigenvalue weighted by Crippen LogP contribution is 2.49. The van der Waals surface area contributed by atoms with Gasteiger partial charge in [-0.2, -0.15) is 5.10 Å². The molecule has 0 amide bonds. The lowest BCUT2D eigenvalue weighted by Gasteiger charge is -2.19. The van der Waals surface area contributed by atoms with Crippen LogP contribution in [0.15, 0.2) is 40.4 Å². The molecule has 3 aromatic rings. The first-order chi connectivity index (χ1) is 12.2. The molecule has 1 aromatic carbocycles. The zero-order chi connectivity index (χ0) is 17.4. The van der Waals surface area contributed by atoms with Crippen LogP contribution in [0.2, 0.25) is 0 Å². The SMILES string of the molecule is CN(C)CCNc1ccc2c3c(nn2CCN)-c2ccncc2Sc13. The lowest BCUT2D eigenvalue weighted by molar-refractivity contribution is 0.425. The van der Waals surface area contributed by atoms with E-state index < -0.39 is 0 Å². The van der Waals surface area contributed by atoms with E-state index in [-0.39, 0.29) is 0 Å². The lowest BCUT2D eigenvalue weighted by atomic mass is 10.1. The molecule has 25 heavy (non-hydrogen) atoms. The van der Waals surface area contributed by atoms with Crippen molar-refractivity contribution >= 4 is 28.4 Å². The van der Waals surface area contributed by atoms with Gasteiger partial charge in [0.25, 0.3) is 0 Å². The Morgan fingerprint density at radius 3 is 2.96 bits per heavy atom. The zero-order valence-electron chi connectivity index (χ0n) is 14.5. The van der Waals surface area contributed by atoms with Gasteiger partial charge in [0.2, 0.25) is 0 Å². The minimum absolute atomic E-state index is 0.574. The summed E-state index contributed by atoms with van der Waals surface area (Å²) in [6.45, 7) is 3.18. The Bertz CT molecular complexity index is 917. The summed E-state index contributed by atoms with van der Waals surface area (Å²) >= 11 is 1.77. The molecule has 3 heterocycles. The van der Waals surface area contributed by atoms with Crippen molar-refractivity contribution in [2.45, 2.75) is 16.3 Å². The van der Waals surface area contributed by atoms with E-state index in [4.69, 9.17) is 10.8 Å². The number of pyridine rings is 1. The predicted molar refractivity (Wildman–Crippen MR) is 103 cm³/mol. The molecule has 0 saturated heterocycles. The summed E-state index contributed by atoms with van der Waals surface area (Å²) in [5, 5.41) is 9.65. The first kappa shape index (κ1) is 16.4. The summed E-state index contributed by atoms with van der Waals surface area (Å²) in [5.41, 5.74) is 10.3. The van der Waals surface area contributed by atoms with E-state index in [0.29, 0.717) is 13.1 Å². The quantitative estimate of drug-likeness (QED) is 0.554. The van der Waals surface area contributed by atoms with Gasteiger partial charge in [-0.1, -0.05) is 11.8 Å². The van der Waals surface area contributed by atoms with Crippen molar-refractivity contribution in [2.75, 3.05) is 39.0 Å². The number of benzene rings is 1. The minimum Gasteiger partial charge on any atom is -0.383 e. The second-order valence-corrected chi connectivity index (χ2v) is 7.45. The summed E-state index contributed by atoms with van der Waals surface area (Å²) in [4.78, 5) is 8.85. The molecular weight excluding hydrogens is 332 g/mol. The van der Waals surface area contributed by atoms with Crippen LogP contribution >= 0.6 is 11.8 Å². The normalized spacial score (nSPS) is 12.6. The van der Waals surface area contributed by atoms with Gasteiger partial charge < -0.3 is 16.0 Å². The Morgan fingerprint density at radius 1 is 1.28 bits per heavy atom. The third-order valence-corrected chi connectivity index (χ3v) is 5.51.